The van der Waals surface area contributed by atoms with Crippen molar-refractivity contribution >= 4 is 0 Å². The maximum absolute atomic E-state index is 8.64. The highest BCUT2D eigenvalue weighted by Gasteiger charge is 1.89. The van der Waals surface area contributed by atoms with E-state index in [2.05, 4.69) is 6.42 Å². The first-order valence-corrected chi connectivity index (χ1v) is 2.18. The zero-order valence-electron chi connectivity index (χ0n) is 3.89. The smallest absolute Gasteiger partial charge is 0.111 e. The van der Waals surface area contributed by atoms with Crippen LogP contribution in [0.4, 0.5) is 0 Å². The van der Waals surface area contributed by atoms with Crippen molar-refractivity contribution in [1.82, 2.24) is 0 Å². The van der Waals surface area contributed by atoms with Crippen LogP contribution in [-0.4, -0.2) is 5.11 Å². The third kappa shape index (κ3) is 1.07. The van der Waals surface area contributed by atoms with Crippen molar-refractivity contribution in [2.45, 2.75) is 6.42 Å². The first kappa shape index (κ1) is 4.44. The lowest BCUT2D eigenvalue weighted by Crippen LogP contribution is -1.80. The van der Waals surface area contributed by atoms with Crippen molar-refractivity contribution in [1.29, 1.82) is 0 Å². The van der Waals surface area contributed by atoms with Gasteiger partial charge >= 0.3 is 0 Å². The van der Waals surface area contributed by atoms with Crippen LogP contribution in [0.2, 0.25) is 0 Å². The molecule has 0 saturated carbocycles. The lowest BCUT2D eigenvalue weighted by atomic mass is 10.2. The number of rotatable bonds is 0. The summed E-state index contributed by atoms with van der Waals surface area (Å²) < 4.78 is 0. The number of aliphatic hydroxyl groups is 1. The minimum atomic E-state index is 0.346. The van der Waals surface area contributed by atoms with Crippen molar-refractivity contribution in [2.75, 3.05) is 0 Å². The Morgan fingerprint density at radius 1 is 1.71 bits per heavy atom. The van der Waals surface area contributed by atoms with E-state index in [9.17, 15) is 0 Å². The van der Waals surface area contributed by atoms with Gasteiger partial charge in [0.15, 0.2) is 0 Å². The molecule has 0 aromatic carbocycles. The van der Waals surface area contributed by atoms with Gasteiger partial charge in [-0.1, -0.05) is 6.08 Å². The van der Waals surface area contributed by atoms with E-state index in [0.717, 1.165) is 6.42 Å². The summed E-state index contributed by atoms with van der Waals surface area (Å²) in [6, 6.07) is 0. The zero-order valence-corrected chi connectivity index (χ0v) is 3.89. The van der Waals surface area contributed by atoms with Gasteiger partial charge in [0.1, 0.15) is 5.76 Å². The Balaban J connectivity index is 2.58. The fraction of sp³-hybridized carbons (Fsp3) is 0.167. The van der Waals surface area contributed by atoms with E-state index < -0.39 is 0 Å². The fourth-order valence-corrected chi connectivity index (χ4v) is 0.444. The summed E-state index contributed by atoms with van der Waals surface area (Å²) >= 11 is 0. The van der Waals surface area contributed by atoms with Crippen LogP contribution in [0, 0.1) is 6.42 Å². The Labute approximate surface area is 43.0 Å². The van der Waals surface area contributed by atoms with Crippen molar-refractivity contribution in [2.24, 2.45) is 0 Å². The molecule has 1 heteroatoms. The Bertz CT molecular complexity index is 111. The number of allylic oxidation sites excluding steroid dienone is 3. The summed E-state index contributed by atoms with van der Waals surface area (Å²) in [7, 11) is 0. The predicted molar refractivity (Wildman–Crippen MR) is 27.7 cm³/mol. The molecule has 1 aliphatic rings. The molecule has 0 amide bonds. The van der Waals surface area contributed by atoms with Crippen molar-refractivity contribution in [3.05, 3.63) is 30.4 Å². The molecule has 2 radical (unpaired) electrons. The highest BCUT2D eigenvalue weighted by Crippen LogP contribution is 2.03. The third-order valence-electron chi connectivity index (χ3n) is 0.801. The fourth-order valence-electron chi connectivity index (χ4n) is 0.444. The van der Waals surface area contributed by atoms with Gasteiger partial charge in [-0.25, -0.2) is 0 Å². The molecule has 0 aliphatic heterocycles. The summed E-state index contributed by atoms with van der Waals surface area (Å²) in [5, 5.41) is 8.64. The highest BCUT2D eigenvalue weighted by atomic mass is 16.3. The van der Waals surface area contributed by atoms with Crippen LogP contribution in [0.1, 0.15) is 6.42 Å². The van der Waals surface area contributed by atoms with Gasteiger partial charge in [0.25, 0.3) is 0 Å². The summed E-state index contributed by atoms with van der Waals surface area (Å²) in [6.07, 6.45) is 8.68. The molecule has 0 bridgehead atoms. The maximum Gasteiger partial charge on any atom is 0.111 e. The number of aliphatic hydroxyl groups excluding tert-OH is 1. The molecule has 0 atom stereocenters. The van der Waals surface area contributed by atoms with Crippen LogP contribution < -0.4 is 0 Å². The number of hydrogen-bond acceptors (Lipinski definition) is 1. The molecule has 36 valence electrons. The molecule has 7 heavy (non-hydrogen) atoms. The second kappa shape index (κ2) is 1.82. The van der Waals surface area contributed by atoms with Crippen LogP contribution in [0.15, 0.2) is 24.0 Å². The van der Waals surface area contributed by atoms with Gasteiger partial charge in [-0.3, -0.25) is 0 Å². The summed E-state index contributed by atoms with van der Waals surface area (Å²) in [6.45, 7) is 0. The summed E-state index contributed by atoms with van der Waals surface area (Å²) in [5.41, 5.74) is 0. The van der Waals surface area contributed by atoms with E-state index >= 15 is 0 Å². The average molecular weight is 94.1 g/mol. The van der Waals surface area contributed by atoms with Gasteiger partial charge in [-0.05, 0) is 18.6 Å². The van der Waals surface area contributed by atoms with Crippen molar-refractivity contribution in [3.8, 4) is 0 Å². The minimum Gasteiger partial charge on any atom is -0.508 e. The van der Waals surface area contributed by atoms with Crippen molar-refractivity contribution in [3.63, 3.8) is 0 Å². The van der Waals surface area contributed by atoms with Gasteiger partial charge in [-0.15, -0.1) is 0 Å². The maximum atomic E-state index is 8.64. The summed E-state index contributed by atoms with van der Waals surface area (Å²) in [5.74, 6) is 0.346. The lowest BCUT2D eigenvalue weighted by molar-refractivity contribution is 0.429. The molecule has 0 aromatic rings. The Morgan fingerprint density at radius 2 is 2.57 bits per heavy atom. The molecule has 0 spiro atoms. The van der Waals surface area contributed by atoms with E-state index in [1.54, 1.807) is 18.2 Å². The molecular formula is C6H6O. The Morgan fingerprint density at radius 3 is 2.86 bits per heavy atom. The van der Waals surface area contributed by atoms with Crippen molar-refractivity contribution < 1.29 is 5.11 Å². The average Bonchev–Trinajstić information content (AvgIpc) is 1.69. The van der Waals surface area contributed by atoms with Gasteiger partial charge < -0.3 is 5.11 Å². The van der Waals surface area contributed by atoms with E-state index in [-0.39, 0.29) is 0 Å². The molecule has 0 unspecified atom stereocenters. The highest BCUT2D eigenvalue weighted by molar-refractivity contribution is 5.19. The molecule has 1 rings (SSSR count). The number of hydrogen-bond donors (Lipinski definition) is 1. The molecule has 0 aromatic heterocycles. The van der Waals surface area contributed by atoms with Crippen LogP contribution in [0.3, 0.4) is 0 Å². The molecule has 0 fully saturated rings. The van der Waals surface area contributed by atoms with Gasteiger partial charge in [0.2, 0.25) is 0 Å². The second-order valence-corrected chi connectivity index (χ2v) is 1.37. The standard InChI is InChI=1S/C6H6O/c7-6-4-2-1-3-5-6/h2,4-5,7H,3H2. The van der Waals surface area contributed by atoms with E-state index in [1.807, 2.05) is 0 Å². The van der Waals surface area contributed by atoms with Crippen LogP contribution in [-0.2, 0) is 0 Å². The molecule has 1 aliphatic carbocycles. The van der Waals surface area contributed by atoms with E-state index in [4.69, 9.17) is 5.11 Å². The Hall–Kier alpha value is -0.720. The van der Waals surface area contributed by atoms with E-state index in [0.29, 0.717) is 5.76 Å². The first-order valence-electron chi connectivity index (χ1n) is 2.18. The Kier molecular flexibility index (Phi) is 1.16. The first-order chi connectivity index (χ1) is 3.39. The molecular weight excluding hydrogens is 88.1 g/mol. The minimum absolute atomic E-state index is 0.346. The zero-order chi connectivity index (χ0) is 5.11. The topological polar surface area (TPSA) is 20.2 Å². The lowest BCUT2D eigenvalue weighted by Gasteiger charge is -1.94. The largest absolute Gasteiger partial charge is 0.508 e. The quantitative estimate of drug-likeness (QED) is 0.482. The molecule has 0 heterocycles. The van der Waals surface area contributed by atoms with Crippen LogP contribution in [0.25, 0.3) is 0 Å². The van der Waals surface area contributed by atoms with E-state index in [1.165, 1.54) is 0 Å². The molecule has 1 nitrogen and oxygen atoms in total. The predicted octanol–water partition coefficient (Wildman–Crippen LogP) is 1.47. The molecule has 0 saturated heterocycles. The van der Waals surface area contributed by atoms with Gasteiger partial charge in [0, 0.05) is 6.42 Å². The van der Waals surface area contributed by atoms with Crippen LogP contribution >= 0.6 is 0 Å². The monoisotopic (exact) mass is 94.0 g/mol. The summed E-state index contributed by atoms with van der Waals surface area (Å²) in [4.78, 5) is 0. The third-order valence-corrected chi connectivity index (χ3v) is 0.801. The van der Waals surface area contributed by atoms with Gasteiger partial charge in [-0.2, -0.15) is 0 Å². The van der Waals surface area contributed by atoms with Crippen LogP contribution in [0.5, 0.6) is 0 Å². The SMILES string of the molecule is OC1=CC[C]C=C1. The second-order valence-electron chi connectivity index (χ2n) is 1.37. The molecule has 1 N–H and O–H groups in total. The van der Waals surface area contributed by atoms with Gasteiger partial charge in [0.05, 0.1) is 0 Å². The normalized spacial score (nSPS) is 19.1.